The normalized spacial score (nSPS) is 16.6. The van der Waals surface area contributed by atoms with Gasteiger partial charge in [0.25, 0.3) is 5.91 Å². The van der Waals surface area contributed by atoms with Crippen LogP contribution < -0.4 is 10.6 Å². The molecule has 0 aliphatic carbocycles. The van der Waals surface area contributed by atoms with Gasteiger partial charge in [0.2, 0.25) is 0 Å². The minimum Gasteiger partial charge on any atom is -0.368 e. The average Bonchev–Trinajstić information content (AvgIpc) is 3.19. The second-order valence-electron chi connectivity index (χ2n) is 6.08. The molecular formula is C19H17BrN4O2. The van der Waals surface area contributed by atoms with Gasteiger partial charge < -0.3 is 15.4 Å². The second kappa shape index (κ2) is 7.39. The van der Waals surface area contributed by atoms with E-state index in [1.807, 2.05) is 42.5 Å². The molecule has 1 atom stereocenters. The zero-order valence-electron chi connectivity index (χ0n) is 13.9. The summed E-state index contributed by atoms with van der Waals surface area (Å²) in [4.78, 5) is 20.7. The molecule has 0 radical (unpaired) electrons. The van der Waals surface area contributed by atoms with Crippen LogP contribution in [-0.2, 0) is 9.53 Å². The van der Waals surface area contributed by atoms with Crippen LogP contribution >= 0.6 is 15.9 Å². The maximum atomic E-state index is 12.1. The van der Waals surface area contributed by atoms with Crippen LogP contribution in [0.1, 0.15) is 12.8 Å². The van der Waals surface area contributed by atoms with Crippen molar-refractivity contribution in [3.05, 3.63) is 53.3 Å². The number of hydrogen-bond acceptors (Lipinski definition) is 5. The summed E-state index contributed by atoms with van der Waals surface area (Å²) in [5.41, 5.74) is 2.48. The van der Waals surface area contributed by atoms with Crippen LogP contribution in [0.5, 0.6) is 0 Å². The van der Waals surface area contributed by atoms with E-state index >= 15 is 0 Å². The van der Waals surface area contributed by atoms with E-state index in [4.69, 9.17) is 4.74 Å². The fourth-order valence-corrected chi connectivity index (χ4v) is 3.27. The lowest BCUT2D eigenvalue weighted by atomic mass is 10.2. The number of fused-ring (bicyclic) bond motifs is 1. The van der Waals surface area contributed by atoms with Gasteiger partial charge in [-0.15, -0.1) is 0 Å². The molecule has 2 aromatic carbocycles. The van der Waals surface area contributed by atoms with E-state index in [1.54, 1.807) is 0 Å². The first-order valence-corrected chi connectivity index (χ1v) is 9.18. The van der Waals surface area contributed by atoms with Gasteiger partial charge >= 0.3 is 0 Å². The van der Waals surface area contributed by atoms with Crippen molar-refractivity contribution in [2.45, 2.75) is 18.9 Å². The number of nitrogens with zero attached hydrogens (tertiary/aromatic N) is 2. The number of benzene rings is 2. The van der Waals surface area contributed by atoms with Crippen LogP contribution in [0.3, 0.4) is 0 Å². The largest absolute Gasteiger partial charge is 0.368 e. The standard InChI is InChI=1S/C19H17BrN4O2/c20-12-3-8-16-15(10-12)18(22-11-21-16)23-13-4-6-14(7-5-13)24-19(25)17-2-1-9-26-17/h3-8,10-11,17H,1-2,9H2,(H,24,25)(H,21,22,23). The van der Waals surface area contributed by atoms with E-state index in [1.165, 1.54) is 6.33 Å². The summed E-state index contributed by atoms with van der Waals surface area (Å²) in [5, 5.41) is 7.12. The molecule has 1 amide bonds. The van der Waals surface area contributed by atoms with Gasteiger partial charge in [-0.25, -0.2) is 9.97 Å². The Bertz CT molecular complexity index is 940. The Hall–Kier alpha value is -2.51. The van der Waals surface area contributed by atoms with Gasteiger partial charge in [0.15, 0.2) is 0 Å². The third kappa shape index (κ3) is 3.68. The van der Waals surface area contributed by atoms with Gasteiger partial charge in [-0.3, -0.25) is 4.79 Å². The van der Waals surface area contributed by atoms with Crippen molar-refractivity contribution in [3.8, 4) is 0 Å². The summed E-state index contributed by atoms with van der Waals surface area (Å²) >= 11 is 3.48. The van der Waals surface area contributed by atoms with E-state index in [9.17, 15) is 4.79 Å². The monoisotopic (exact) mass is 412 g/mol. The van der Waals surface area contributed by atoms with Crippen molar-refractivity contribution in [1.29, 1.82) is 0 Å². The van der Waals surface area contributed by atoms with E-state index in [-0.39, 0.29) is 12.0 Å². The molecule has 3 aromatic rings. The maximum Gasteiger partial charge on any atom is 0.253 e. The van der Waals surface area contributed by atoms with E-state index in [2.05, 4.69) is 36.5 Å². The van der Waals surface area contributed by atoms with E-state index in [0.717, 1.165) is 45.4 Å². The third-order valence-corrected chi connectivity index (χ3v) is 4.73. The quantitative estimate of drug-likeness (QED) is 0.669. The molecule has 1 aliphatic heterocycles. The van der Waals surface area contributed by atoms with Crippen LogP contribution in [0.15, 0.2) is 53.3 Å². The Morgan fingerprint density at radius 2 is 1.92 bits per heavy atom. The molecule has 0 spiro atoms. The molecule has 4 rings (SSSR count). The zero-order chi connectivity index (χ0) is 17.9. The van der Waals surface area contributed by atoms with Gasteiger partial charge in [-0.2, -0.15) is 0 Å². The van der Waals surface area contributed by atoms with E-state index in [0.29, 0.717) is 6.61 Å². The van der Waals surface area contributed by atoms with Crippen molar-refractivity contribution in [1.82, 2.24) is 9.97 Å². The Morgan fingerprint density at radius 1 is 1.12 bits per heavy atom. The van der Waals surface area contributed by atoms with Crippen molar-refractivity contribution in [3.63, 3.8) is 0 Å². The number of ether oxygens (including phenoxy) is 1. The predicted octanol–water partition coefficient (Wildman–Crippen LogP) is 4.25. The Balaban J connectivity index is 1.49. The highest BCUT2D eigenvalue weighted by atomic mass is 79.9. The highest BCUT2D eigenvalue weighted by molar-refractivity contribution is 9.10. The lowest BCUT2D eigenvalue weighted by Crippen LogP contribution is -2.26. The van der Waals surface area contributed by atoms with Gasteiger partial charge in [0, 0.05) is 27.8 Å². The van der Waals surface area contributed by atoms with Crippen LogP contribution in [0.4, 0.5) is 17.2 Å². The van der Waals surface area contributed by atoms with Crippen molar-refractivity contribution in [2.75, 3.05) is 17.2 Å². The first kappa shape index (κ1) is 16.9. The molecule has 7 heteroatoms. The molecule has 1 fully saturated rings. The van der Waals surface area contributed by atoms with E-state index < -0.39 is 0 Å². The van der Waals surface area contributed by atoms with Gasteiger partial charge in [-0.05, 0) is 55.3 Å². The number of rotatable bonds is 4. The lowest BCUT2D eigenvalue weighted by molar-refractivity contribution is -0.124. The third-order valence-electron chi connectivity index (χ3n) is 4.23. The number of hydrogen-bond donors (Lipinski definition) is 2. The Morgan fingerprint density at radius 3 is 2.69 bits per heavy atom. The predicted molar refractivity (Wildman–Crippen MR) is 105 cm³/mol. The second-order valence-corrected chi connectivity index (χ2v) is 6.99. The summed E-state index contributed by atoms with van der Waals surface area (Å²) in [6.07, 6.45) is 2.92. The minimum absolute atomic E-state index is 0.0881. The fraction of sp³-hybridized carbons (Fsp3) is 0.211. The number of carbonyl (C=O) groups excluding carboxylic acids is 1. The number of nitrogens with one attached hydrogen (secondary N) is 2. The van der Waals surface area contributed by atoms with Crippen molar-refractivity contribution in [2.24, 2.45) is 0 Å². The summed E-state index contributed by atoms with van der Waals surface area (Å²) in [7, 11) is 0. The summed E-state index contributed by atoms with van der Waals surface area (Å²) in [6.45, 7) is 0.657. The highest BCUT2D eigenvalue weighted by Gasteiger charge is 2.23. The molecule has 132 valence electrons. The lowest BCUT2D eigenvalue weighted by Gasteiger charge is -2.12. The first-order valence-electron chi connectivity index (χ1n) is 8.39. The number of anilines is 3. The molecule has 1 aromatic heterocycles. The molecule has 26 heavy (non-hydrogen) atoms. The van der Waals surface area contributed by atoms with Crippen molar-refractivity contribution < 1.29 is 9.53 Å². The maximum absolute atomic E-state index is 12.1. The van der Waals surface area contributed by atoms with Crippen molar-refractivity contribution >= 4 is 49.9 Å². The molecule has 1 aliphatic rings. The highest BCUT2D eigenvalue weighted by Crippen LogP contribution is 2.26. The Labute approximate surface area is 159 Å². The average molecular weight is 413 g/mol. The molecular weight excluding hydrogens is 396 g/mol. The van der Waals surface area contributed by atoms with Crippen LogP contribution in [0.25, 0.3) is 10.9 Å². The summed E-state index contributed by atoms with van der Waals surface area (Å²) in [6, 6.07) is 13.4. The summed E-state index contributed by atoms with van der Waals surface area (Å²) in [5.74, 6) is 0.641. The number of amides is 1. The molecule has 0 bridgehead atoms. The van der Waals surface area contributed by atoms with Crippen LogP contribution in [-0.4, -0.2) is 28.6 Å². The molecule has 1 unspecified atom stereocenters. The van der Waals surface area contributed by atoms with Crippen LogP contribution in [0.2, 0.25) is 0 Å². The smallest absolute Gasteiger partial charge is 0.253 e. The first-order chi connectivity index (χ1) is 12.7. The summed E-state index contributed by atoms with van der Waals surface area (Å²) < 4.78 is 6.37. The van der Waals surface area contributed by atoms with Gasteiger partial charge in [-0.1, -0.05) is 15.9 Å². The van der Waals surface area contributed by atoms with Gasteiger partial charge in [0.1, 0.15) is 18.2 Å². The molecule has 1 saturated heterocycles. The molecule has 0 saturated carbocycles. The minimum atomic E-state index is -0.335. The van der Waals surface area contributed by atoms with Gasteiger partial charge in [0.05, 0.1) is 5.52 Å². The number of carbonyl (C=O) groups is 1. The fourth-order valence-electron chi connectivity index (χ4n) is 2.91. The topological polar surface area (TPSA) is 76.1 Å². The zero-order valence-corrected chi connectivity index (χ0v) is 15.5. The molecule has 2 heterocycles. The Kier molecular flexibility index (Phi) is 4.81. The SMILES string of the molecule is O=C(Nc1ccc(Nc2ncnc3ccc(Br)cc23)cc1)C1CCCO1. The molecule has 2 N–H and O–H groups in total. The molecule has 6 nitrogen and oxygen atoms in total. The van der Waals surface area contributed by atoms with Crippen LogP contribution in [0, 0.1) is 0 Å². The number of aromatic nitrogens is 2. The number of halogens is 1.